The first kappa shape index (κ1) is 16.1. The van der Waals surface area contributed by atoms with Crippen LogP contribution in [0.3, 0.4) is 0 Å². The molecule has 3 atom stereocenters. The zero-order valence-electron chi connectivity index (χ0n) is 13.9. The zero-order chi connectivity index (χ0) is 18.5. The second kappa shape index (κ2) is 5.28. The van der Waals surface area contributed by atoms with Crippen LogP contribution >= 0.6 is 0 Å². The quantitative estimate of drug-likeness (QED) is 0.704. The highest BCUT2D eigenvalue weighted by atomic mass is 16.2. The SMILES string of the molecule is N#C[C@@H]1C(=N)C(C#N)(C#N)[C@@]2(C(=O)Nc3ccccc32)[C@H]2CCCC=C12. The number of nitrogens with zero attached hydrogens (tertiary/aromatic N) is 3. The van der Waals surface area contributed by atoms with E-state index in [1.807, 2.05) is 18.2 Å². The second-order valence-electron chi connectivity index (χ2n) is 6.94. The predicted octanol–water partition coefficient (Wildman–Crippen LogP) is 2.81. The third-order valence-corrected chi connectivity index (χ3v) is 6.04. The molecule has 2 N–H and O–H groups in total. The number of fused-ring (bicyclic) bond motifs is 4. The largest absolute Gasteiger partial charge is 0.325 e. The molecule has 2 aliphatic carbocycles. The van der Waals surface area contributed by atoms with Crippen LogP contribution in [0.4, 0.5) is 5.69 Å². The molecule has 1 fully saturated rings. The molecular formula is C20H15N5O. The smallest absolute Gasteiger partial charge is 0.238 e. The van der Waals surface area contributed by atoms with Crippen LogP contribution < -0.4 is 5.32 Å². The van der Waals surface area contributed by atoms with Gasteiger partial charge in [-0.05, 0) is 36.5 Å². The molecule has 1 aliphatic heterocycles. The van der Waals surface area contributed by atoms with E-state index in [4.69, 9.17) is 5.41 Å². The Balaban J connectivity index is 2.14. The van der Waals surface area contributed by atoms with Crippen molar-refractivity contribution in [2.75, 3.05) is 5.32 Å². The molecule has 0 unspecified atom stereocenters. The van der Waals surface area contributed by atoms with Gasteiger partial charge in [0.1, 0.15) is 11.3 Å². The highest BCUT2D eigenvalue weighted by Crippen LogP contribution is 2.62. The lowest BCUT2D eigenvalue weighted by atomic mass is 9.45. The van der Waals surface area contributed by atoms with Gasteiger partial charge >= 0.3 is 0 Å². The number of para-hydroxylation sites is 1. The summed E-state index contributed by atoms with van der Waals surface area (Å²) < 4.78 is 0. The van der Waals surface area contributed by atoms with Crippen molar-refractivity contribution in [1.29, 1.82) is 21.2 Å². The molecule has 1 aromatic rings. The van der Waals surface area contributed by atoms with Crippen LogP contribution in [0.25, 0.3) is 0 Å². The summed E-state index contributed by atoms with van der Waals surface area (Å²) in [5, 5.41) is 41.2. The molecule has 0 saturated heterocycles. The fourth-order valence-electron chi connectivity index (χ4n) is 5.00. The van der Waals surface area contributed by atoms with Gasteiger partial charge in [0.05, 0.1) is 23.9 Å². The van der Waals surface area contributed by atoms with E-state index in [2.05, 4.69) is 11.4 Å². The molecule has 1 spiro atoms. The predicted molar refractivity (Wildman–Crippen MR) is 92.7 cm³/mol. The first-order valence-corrected chi connectivity index (χ1v) is 8.50. The number of carbonyl (C=O) groups is 1. The Morgan fingerprint density at radius 3 is 2.62 bits per heavy atom. The number of hydrogen-bond acceptors (Lipinski definition) is 5. The van der Waals surface area contributed by atoms with Gasteiger partial charge in [-0.3, -0.25) is 4.79 Å². The molecule has 0 aromatic heterocycles. The summed E-state index contributed by atoms with van der Waals surface area (Å²) in [5.41, 5.74) is -1.95. The second-order valence-corrected chi connectivity index (χ2v) is 6.94. The summed E-state index contributed by atoms with van der Waals surface area (Å²) >= 11 is 0. The summed E-state index contributed by atoms with van der Waals surface area (Å²) in [6.07, 6.45) is 4.10. The number of anilines is 1. The van der Waals surface area contributed by atoms with Gasteiger partial charge in [0.15, 0.2) is 0 Å². The van der Waals surface area contributed by atoms with E-state index in [0.717, 1.165) is 12.8 Å². The van der Waals surface area contributed by atoms with Crippen LogP contribution in [0.15, 0.2) is 35.9 Å². The number of benzene rings is 1. The fourth-order valence-corrected chi connectivity index (χ4v) is 5.00. The summed E-state index contributed by atoms with van der Waals surface area (Å²) in [6, 6.07) is 13.1. The van der Waals surface area contributed by atoms with Crippen molar-refractivity contribution in [2.24, 2.45) is 17.3 Å². The van der Waals surface area contributed by atoms with Crippen molar-refractivity contribution in [2.45, 2.75) is 24.7 Å². The Kier molecular flexibility index (Phi) is 3.26. The third-order valence-electron chi connectivity index (χ3n) is 6.04. The van der Waals surface area contributed by atoms with Crippen LogP contribution in [0, 0.1) is 56.7 Å². The lowest BCUT2D eigenvalue weighted by Gasteiger charge is -2.51. The van der Waals surface area contributed by atoms with Gasteiger partial charge < -0.3 is 10.7 Å². The summed E-state index contributed by atoms with van der Waals surface area (Å²) in [6.45, 7) is 0. The Labute approximate surface area is 150 Å². The number of nitriles is 3. The van der Waals surface area contributed by atoms with E-state index in [1.165, 1.54) is 0 Å². The van der Waals surface area contributed by atoms with E-state index >= 15 is 0 Å². The van der Waals surface area contributed by atoms with Crippen molar-refractivity contribution >= 4 is 17.3 Å². The lowest BCUT2D eigenvalue weighted by Crippen LogP contribution is -2.63. The Bertz CT molecular complexity index is 988. The number of carbonyl (C=O) groups excluding carboxylic acids is 1. The maximum atomic E-state index is 13.3. The molecule has 126 valence electrons. The van der Waals surface area contributed by atoms with Crippen LogP contribution in [-0.2, 0) is 10.2 Å². The molecule has 6 heteroatoms. The minimum atomic E-state index is -2.01. The maximum Gasteiger partial charge on any atom is 0.238 e. The van der Waals surface area contributed by atoms with Gasteiger partial charge in [0.25, 0.3) is 0 Å². The van der Waals surface area contributed by atoms with Crippen LogP contribution in [0.2, 0.25) is 0 Å². The van der Waals surface area contributed by atoms with E-state index < -0.39 is 28.6 Å². The van der Waals surface area contributed by atoms with Gasteiger partial charge in [-0.25, -0.2) is 0 Å². The topological polar surface area (TPSA) is 124 Å². The van der Waals surface area contributed by atoms with E-state index in [1.54, 1.807) is 24.3 Å². The first-order valence-electron chi connectivity index (χ1n) is 8.50. The molecule has 1 heterocycles. The average molecular weight is 341 g/mol. The number of nitrogens with one attached hydrogen (secondary N) is 2. The molecule has 3 aliphatic rings. The normalized spacial score (nSPS) is 30.9. The van der Waals surface area contributed by atoms with E-state index in [9.17, 15) is 20.6 Å². The minimum absolute atomic E-state index is 0.291. The third kappa shape index (κ3) is 1.54. The highest BCUT2D eigenvalue weighted by molar-refractivity contribution is 6.16. The minimum Gasteiger partial charge on any atom is -0.325 e. The summed E-state index contributed by atoms with van der Waals surface area (Å²) in [5.74, 6) is -1.82. The summed E-state index contributed by atoms with van der Waals surface area (Å²) in [4.78, 5) is 13.3. The van der Waals surface area contributed by atoms with Gasteiger partial charge in [-0.2, -0.15) is 15.8 Å². The van der Waals surface area contributed by atoms with Crippen molar-refractivity contribution in [1.82, 2.24) is 0 Å². The number of allylic oxidation sites excluding steroid dienone is 2. The standard InChI is InChI=1S/C20H15N5O/c21-9-13-12-5-1-2-6-14(12)20(19(10-22,11-23)17(13)24)15-7-3-4-8-16(15)25-18(20)26/h3-5,7-8,13-14,24H,1-2,6H2,(H,25,26)/t13-,14-,20-/m0/s1. The van der Waals surface area contributed by atoms with Crippen molar-refractivity contribution in [3.63, 3.8) is 0 Å². The molecule has 1 aromatic carbocycles. The first-order chi connectivity index (χ1) is 12.6. The van der Waals surface area contributed by atoms with Gasteiger partial charge in [0.2, 0.25) is 11.3 Å². The molecule has 26 heavy (non-hydrogen) atoms. The molecule has 0 radical (unpaired) electrons. The van der Waals surface area contributed by atoms with Gasteiger partial charge in [-0.15, -0.1) is 0 Å². The Hall–Kier alpha value is -3.43. The molecule has 6 nitrogen and oxygen atoms in total. The number of rotatable bonds is 0. The Morgan fingerprint density at radius 2 is 1.92 bits per heavy atom. The van der Waals surface area contributed by atoms with Crippen LogP contribution in [-0.4, -0.2) is 11.6 Å². The zero-order valence-corrected chi connectivity index (χ0v) is 13.9. The fraction of sp³-hybridized carbons (Fsp3) is 0.350. The summed E-state index contributed by atoms with van der Waals surface area (Å²) in [7, 11) is 0. The molecular weight excluding hydrogens is 326 g/mol. The van der Waals surface area contributed by atoms with E-state index in [-0.39, 0.29) is 5.71 Å². The number of hydrogen-bond donors (Lipinski definition) is 2. The van der Waals surface area contributed by atoms with Gasteiger partial charge in [0, 0.05) is 11.6 Å². The van der Waals surface area contributed by atoms with E-state index in [0.29, 0.717) is 23.2 Å². The van der Waals surface area contributed by atoms with Crippen molar-refractivity contribution < 1.29 is 4.79 Å². The van der Waals surface area contributed by atoms with Crippen LogP contribution in [0.5, 0.6) is 0 Å². The van der Waals surface area contributed by atoms with Crippen molar-refractivity contribution in [3.05, 3.63) is 41.5 Å². The monoisotopic (exact) mass is 341 g/mol. The van der Waals surface area contributed by atoms with Crippen LogP contribution in [0.1, 0.15) is 24.8 Å². The Morgan fingerprint density at radius 1 is 1.19 bits per heavy atom. The number of amides is 1. The molecule has 1 saturated carbocycles. The lowest BCUT2D eigenvalue weighted by molar-refractivity contribution is -0.124. The molecule has 0 bridgehead atoms. The maximum absolute atomic E-state index is 13.3. The molecule has 1 amide bonds. The van der Waals surface area contributed by atoms with Gasteiger partial charge in [-0.1, -0.05) is 24.3 Å². The van der Waals surface area contributed by atoms with Crippen molar-refractivity contribution in [3.8, 4) is 18.2 Å². The highest BCUT2D eigenvalue weighted by Gasteiger charge is 2.72. The molecule has 4 rings (SSSR count). The average Bonchev–Trinajstić information content (AvgIpc) is 2.97.